The Hall–Kier alpha value is -0.850. The maximum atomic E-state index is 5.82. The molecule has 2 heterocycles. The summed E-state index contributed by atoms with van der Waals surface area (Å²) < 4.78 is 11.2. The zero-order valence-electron chi connectivity index (χ0n) is 17.1. The van der Waals surface area contributed by atoms with E-state index in [2.05, 4.69) is 34.4 Å². The van der Waals surface area contributed by atoms with Crippen LogP contribution in [0.15, 0.2) is 4.99 Å². The third-order valence-electron chi connectivity index (χ3n) is 5.66. The van der Waals surface area contributed by atoms with Crippen LogP contribution in [0.25, 0.3) is 0 Å². The summed E-state index contributed by atoms with van der Waals surface area (Å²) in [6, 6.07) is 1.23. The Morgan fingerprint density at radius 1 is 1.23 bits per heavy atom. The van der Waals surface area contributed by atoms with Crippen LogP contribution in [0.5, 0.6) is 0 Å². The Kier molecular flexibility index (Phi) is 10.3. The van der Waals surface area contributed by atoms with Gasteiger partial charge in [0.2, 0.25) is 0 Å². The van der Waals surface area contributed by atoms with E-state index in [4.69, 9.17) is 9.47 Å². The minimum atomic E-state index is 0.534. The van der Waals surface area contributed by atoms with Gasteiger partial charge in [-0.2, -0.15) is 0 Å². The van der Waals surface area contributed by atoms with Crippen molar-refractivity contribution in [1.82, 2.24) is 15.5 Å². The lowest BCUT2D eigenvalue weighted by atomic mass is 10.0. The minimum Gasteiger partial charge on any atom is -0.381 e. The van der Waals surface area contributed by atoms with Crippen LogP contribution < -0.4 is 10.6 Å². The lowest BCUT2D eigenvalue weighted by Gasteiger charge is -2.38. The van der Waals surface area contributed by atoms with Crippen LogP contribution in [0.2, 0.25) is 0 Å². The maximum absolute atomic E-state index is 5.82. The summed E-state index contributed by atoms with van der Waals surface area (Å²) in [5, 5.41) is 6.87. The van der Waals surface area contributed by atoms with Gasteiger partial charge in [-0.05, 0) is 58.4 Å². The third-order valence-corrected chi connectivity index (χ3v) is 5.66. The number of rotatable bonds is 9. The molecule has 0 saturated carbocycles. The molecule has 0 spiro atoms. The second-order valence-corrected chi connectivity index (χ2v) is 7.80. The second-order valence-electron chi connectivity index (χ2n) is 7.80. The van der Waals surface area contributed by atoms with Gasteiger partial charge in [0, 0.05) is 58.6 Å². The van der Waals surface area contributed by atoms with Crippen molar-refractivity contribution < 1.29 is 9.47 Å². The van der Waals surface area contributed by atoms with Crippen LogP contribution in [-0.4, -0.2) is 76.1 Å². The SMILES string of the molecule is CN=C(NCCCOCC1CCOCC1)NCC(C)N1CCCCC1C. The Balaban J connectivity index is 1.51. The van der Waals surface area contributed by atoms with Crippen LogP contribution in [0.4, 0.5) is 0 Å². The van der Waals surface area contributed by atoms with Crippen LogP contribution in [0.1, 0.15) is 52.4 Å². The predicted molar refractivity (Wildman–Crippen MR) is 108 cm³/mol. The minimum absolute atomic E-state index is 0.534. The monoisotopic (exact) mass is 368 g/mol. The smallest absolute Gasteiger partial charge is 0.191 e. The number of guanidine groups is 1. The van der Waals surface area contributed by atoms with Gasteiger partial charge in [-0.3, -0.25) is 9.89 Å². The van der Waals surface area contributed by atoms with Gasteiger partial charge in [0.05, 0.1) is 0 Å². The van der Waals surface area contributed by atoms with E-state index in [9.17, 15) is 0 Å². The summed E-state index contributed by atoms with van der Waals surface area (Å²) in [6.07, 6.45) is 7.31. The number of nitrogens with zero attached hydrogens (tertiary/aromatic N) is 2. The van der Waals surface area contributed by atoms with Crippen molar-refractivity contribution in [2.45, 2.75) is 64.5 Å². The molecular formula is C20H40N4O2. The first-order valence-corrected chi connectivity index (χ1v) is 10.6. The lowest BCUT2D eigenvalue weighted by molar-refractivity contribution is 0.0203. The Morgan fingerprint density at radius 2 is 2.04 bits per heavy atom. The van der Waals surface area contributed by atoms with E-state index >= 15 is 0 Å². The molecule has 0 radical (unpaired) electrons. The topological polar surface area (TPSA) is 58.1 Å². The molecule has 2 unspecified atom stereocenters. The molecule has 2 atom stereocenters. The summed E-state index contributed by atoms with van der Waals surface area (Å²) in [5.41, 5.74) is 0. The standard InChI is InChI=1S/C20H40N4O2/c1-17-7-4-5-11-24(17)18(2)15-23-20(21-3)22-10-6-12-26-16-19-8-13-25-14-9-19/h17-19H,4-16H2,1-3H3,(H2,21,22,23). The molecule has 6 heteroatoms. The van der Waals surface area contributed by atoms with E-state index in [0.29, 0.717) is 18.0 Å². The highest BCUT2D eigenvalue weighted by Crippen LogP contribution is 2.18. The molecule has 2 aliphatic heterocycles. The molecule has 2 fully saturated rings. The quantitative estimate of drug-likeness (QED) is 0.371. The number of likely N-dealkylation sites (tertiary alicyclic amines) is 1. The van der Waals surface area contributed by atoms with Crippen LogP contribution in [0.3, 0.4) is 0 Å². The highest BCUT2D eigenvalue weighted by molar-refractivity contribution is 5.79. The number of hydrogen-bond donors (Lipinski definition) is 2. The number of hydrogen-bond acceptors (Lipinski definition) is 4. The molecule has 0 aromatic rings. The molecular weight excluding hydrogens is 328 g/mol. The molecule has 26 heavy (non-hydrogen) atoms. The van der Waals surface area contributed by atoms with E-state index in [0.717, 1.165) is 64.7 Å². The molecule has 6 nitrogen and oxygen atoms in total. The summed E-state index contributed by atoms with van der Waals surface area (Å²) in [4.78, 5) is 6.96. The molecule has 2 saturated heterocycles. The van der Waals surface area contributed by atoms with Crippen molar-refractivity contribution in [1.29, 1.82) is 0 Å². The van der Waals surface area contributed by atoms with Gasteiger partial charge >= 0.3 is 0 Å². The first-order chi connectivity index (χ1) is 12.7. The number of aliphatic imine (C=N–C) groups is 1. The molecule has 0 aliphatic carbocycles. The van der Waals surface area contributed by atoms with Crippen molar-refractivity contribution in [3.8, 4) is 0 Å². The van der Waals surface area contributed by atoms with Crippen molar-refractivity contribution in [2.75, 3.05) is 53.1 Å². The summed E-state index contributed by atoms with van der Waals surface area (Å²) in [5.74, 6) is 1.58. The molecule has 152 valence electrons. The van der Waals surface area contributed by atoms with Gasteiger partial charge in [0.1, 0.15) is 0 Å². The summed E-state index contributed by atoms with van der Waals surface area (Å²) >= 11 is 0. The van der Waals surface area contributed by atoms with E-state index < -0.39 is 0 Å². The predicted octanol–water partition coefficient (Wildman–Crippen LogP) is 2.25. The average molecular weight is 369 g/mol. The van der Waals surface area contributed by atoms with Crippen LogP contribution in [0, 0.1) is 5.92 Å². The van der Waals surface area contributed by atoms with Gasteiger partial charge < -0.3 is 20.1 Å². The van der Waals surface area contributed by atoms with Crippen molar-refractivity contribution in [3.63, 3.8) is 0 Å². The summed E-state index contributed by atoms with van der Waals surface area (Å²) in [6.45, 7) is 11.2. The highest BCUT2D eigenvalue weighted by atomic mass is 16.5. The fourth-order valence-corrected chi connectivity index (χ4v) is 3.90. The molecule has 0 amide bonds. The first-order valence-electron chi connectivity index (χ1n) is 10.6. The van der Waals surface area contributed by atoms with Gasteiger partial charge in [-0.25, -0.2) is 0 Å². The largest absolute Gasteiger partial charge is 0.381 e. The average Bonchev–Trinajstić information content (AvgIpc) is 2.67. The van der Waals surface area contributed by atoms with Crippen LogP contribution >= 0.6 is 0 Å². The molecule has 2 aliphatic rings. The molecule has 2 N–H and O–H groups in total. The maximum Gasteiger partial charge on any atom is 0.191 e. The Morgan fingerprint density at radius 3 is 2.77 bits per heavy atom. The third kappa shape index (κ3) is 7.80. The van der Waals surface area contributed by atoms with Crippen LogP contribution in [-0.2, 0) is 9.47 Å². The zero-order chi connectivity index (χ0) is 18.6. The Labute approximate surface area is 160 Å². The fraction of sp³-hybridized carbons (Fsp3) is 0.950. The van der Waals surface area contributed by atoms with Gasteiger partial charge in [0.25, 0.3) is 0 Å². The van der Waals surface area contributed by atoms with Crippen molar-refractivity contribution >= 4 is 5.96 Å². The van der Waals surface area contributed by atoms with E-state index in [1.807, 2.05) is 7.05 Å². The molecule has 0 bridgehead atoms. The molecule has 2 rings (SSSR count). The van der Waals surface area contributed by atoms with Crippen molar-refractivity contribution in [3.05, 3.63) is 0 Å². The van der Waals surface area contributed by atoms with Crippen molar-refractivity contribution in [2.24, 2.45) is 10.9 Å². The number of nitrogens with one attached hydrogen (secondary N) is 2. The zero-order valence-corrected chi connectivity index (χ0v) is 17.1. The van der Waals surface area contributed by atoms with E-state index in [-0.39, 0.29) is 0 Å². The van der Waals surface area contributed by atoms with Gasteiger partial charge in [-0.15, -0.1) is 0 Å². The summed E-state index contributed by atoms with van der Waals surface area (Å²) in [7, 11) is 1.84. The molecule has 0 aromatic carbocycles. The normalized spacial score (nSPS) is 24.4. The number of piperidine rings is 1. The lowest BCUT2D eigenvalue weighted by Crippen LogP contribution is -2.50. The van der Waals surface area contributed by atoms with Gasteiger partial charge in [0.15, 0.2) is 5.96 Å². The van der Waals surface area contributed by atoms with Gasteiger partial charge in [-0.1, -0.05) is 6.42 Å². The fourth-order valence-electron chi connectivity index (χ4n) is 3.90. The van der Waals surface area contributed by atoms with E-state index in [1.165, 1.54) is 25.8 Å². The first kappa shape index (κ1) is 21.5. The Bertz CT molecular complexity index is 399. The molecule has 0 aromatic heterocycles. The highest BCUT2D eigenvalue weighted by Gasteiger charge is 2.22. The second kappa shape index (κ2) is 12.5. The number of ether oxygens (including phenoxy) is 2. The van der Waals surface area contributed by atoms with E-state index in [1.54, 1.807) is 0 Å².